The largest absolute Gasteiger partial charge is 0.507 e. The maximum absolute atomic E-state index is 11.2. The molecule has 1 aliphatic heterocycles. The zero-order valence-corrected chi connectivity index (χ0v) is 28.9. The molecule has 0 unspecified atom stereocenters. The summed E-state index contributed by atoms with van der Waals surface area (Å²) in [5, 5.41) is 30.6. The lowest BCUT2D eigenvalue weighted by molar-refractivity contribution is -0.138. The maximum atomic E-state index is 11.2. The number of benzene rings is 3. The van der Waals surface area contributed by atoms with Gasteiger partial charge < -0.3 is 24.4 Å². The number of aromatic nitrogens is 3. The minimum Gasteiger partial charge on any atom is -0.507 e. The zero-order valence-electron chi connectivity index (χ0n) is 28.9. The first-order valence-corrected chi connectivity index (χ1v) is 16.8. The molecule has 3 atom stereocenters. The molecule has 0 spiro atoms. The molecule has 2 aliphatic rings. The van der Waals surface area contributed by atoms with Gasteiger partial charge in [0.15, 0.2) is 11.5 Å². The van der Waals surface area contributed by atoms with Crippen LogP contribution in [-0.4, -0.2) is 44.0 Å². The fourth-order valence-electron chi connectivity index (χ4n) is 7.23. The van der Waals surface area contributed by atoms with Crippen LogP contribution < -0.4 is 14.2 Å². The highest BCUT2D eigenvalue weighted by molar-refractivity contribution is 5.74. The molecular formula is C40H47N3O5. The molecule has 1 aliphatic carbocycles. The molecule has 8 nitrogen and oxygen atoms in total. The van der Waals surface area contributed by atoms with Crippen LogP contribution in [0.1, 0.15) is 81.0 Å². The Hall–Kier alpha value is -4.56. The molecule has 1 aromatic heterocycles. The standard InChI is InChI=1S/C40H47N3O5/c1-26(2)12-15-32-33(44)19-29(20-34(32)47-25-31-24-43(42-41-31)23-27-10-8-7-9-11-27)14-13-28-18-30-22-36-39(3,4)37(45)16-17-40(36,5)48-38(30)35(21-28)46-6/h7-14,18-21,24,36-37,44-45H,15-17,22-23,25H2,1-6H3/b14-13+/t36-,37-,40-/m1/s1. The molecule has 252 valence electrons. The number of aliphatic hydroxyl groups is 1. The second kappa shape index (κ2) is 13.5. The van der Waals surface area contributed by atoms with E-state index in [0.29, 0.717) is 30.2 Å². The fourth-order valence-corrected chi connectivity index (χ4v) is 7.23. The Kier molecular flexibility index (Phi) is 9.39. The Balaban J connectivity index is 1.25. The molecule has 8 heteroatoms. The minimum atomic E-state index is -0.365. The monoisotopic (exact) mass is 649 g/mol. The van der Waals surface area contributed by atoms with Gasteiger partial charge in [0.05, 0.1) is 26.0 Å². The van der Waals surface area contributed by atoms with Crippen LogP contribution >= 0.6 is 0 Å². The van der Waals surface area contributed by atoms with Gasteiger partial charge >= 0.3 is 0 Å². The van der Waals surface area contributed by atoms with E-state index in [1.54, 1.807) is 17.9 Å². The molecule has 4 aromatic rings. The van der Waals surface area contributed by atoms with E-state index in [2.05, 4.69) is 55.4 Å². The van der Waals surface area contributed by atoms with Crippen molar-refractivity contribution >= 4 is 12.2 Å². The highest BCUT2D eigenvalue weighted by Gasteiger charge is 2.54. The quantitative estimate of drug-likeness (QED) is 0.134. The summed E-state index contributed by atoms with van der Waals surface area (Å²) in [4.78, 5) is 0. The van der Waals surface area contributed by atoms with Gasteiger partial charge in [0.1, 0.15) is 29.4 Å². The molecule has 0 bridgehead atoms. The molecule has 0 saturated heterocycles. The van der Waals surface area contributed by atoms with Gasteiger partial charge in [0.2, 0.25) is 0 Å². The Morgan fingerprint density at radius 2 is 1.77 bits per heavy atom. The van der Waals surface area contributed by atoms with Gasteiger partial charge in [-0.05, 0) is 98.4 Å². The zero-order chi connectivity index (χ0) is 34.1. The third-order valence-electron chi connectivity index (χ3n) is 10.1. The van der Waals surface area contributed by atoms with Crippen LogP contribution in [0.3, 0.4) is 0 Å². The topological polar surface area (TPSA) is 98.9 Å². The number of methoxy groups -OCH3 is 1. The van der Waals surface area contributed by atoms with Gasteiger partial charge in [-0.2, -0.15) is 0 Å². The van der Waals surface area contributed by atoms with E-state index in [0.717, 1.165) is 58.4 Å². The average Bonchev–Trinajstić information content (AvgIpc) is 3.51. The van der Waals surface area contributed by atoms with Crippen molar-refractivity contribution in [3.63, 3.8) is 0 Å². The molecule has 2 N–H and O–H groups in total. The second-order valence-corrected chi connectivity index (χ2v) is 14.3. The summed E-state index contributed by atoms with van der Waals surface area (Å²) in [7, 11) is 1.67. The molecule has 0 amide bonds. The fraction of sp³-hybridized carbons (Fsp3) is 0.400. The number of ether oxygens (including phenoxy) is 3. The molecular weight excluding hydrogens is 602 g/mol. The van der Waals surface area contributed by atoms with E-state index in [4.69, 9.17) is 14.2 Å². The van der Waals surface area contributed by atoms with Crippen LogP contribution in [0.5, 0.6) is 23.0 Å². The number of hydrogen-bond acceptors (Lipinski definition) is 7. The SMILES string of the molecule is COc1cc(/C=C/c2cc(O)c(CC=C(C)C)c(OCc3cn(Cc4ccccc4)nn3)c2)cc2c1O[C@]1(C)CC[C@@H](O)C(C)(C)[C@H]1C2. The van der Waals surface area contributed by atoms with Crippen molar-refractivity contribution in [2.24, 2.45) is 11.3 Å². The predicted molar refractivity (Wildman–Crippen MR) is 188 cm³/mol. The highest BCUT2D eigenvalue weighted by Crippen LogP contribution is 2.55. The Labute approximate surface area is 283 Å². The first kappa shape index (κ1) is 33.3. The van der Waals surface area contributed by atoms with E-state index >= 15 is 0 Å². The van der Waals surface area contributed by atoms with Gasteiger partial charge in [-0.3, -0.25) is 0 Å². The number of nitrogens with zero attached hydrogens (tertiary/aromatic N) is 3. The number of phenolic OH excluding ortho intramolecular Hbond substituents is 1. The van der Waals surface area contributed by atoms with Crippen LogP contribution in [0.4, 0.5) is 0 Å². The van der Waals surface area contributed by atoms with E-state index < -0.39 is 0 Å². The number of fused-ring (bicyclic) bond motifs is 2. The van der Waals surface area contributed by atoms with Gasteiger partial charge in [-0.1, -0.05) is 73.2 Å². The number of allylic oxidation sites excluding steroid dienone is 2. The van der Waals surface area contributed by atoms with Crippen LogP contribution in [0, 0.1) is 11.3 Å². The summed E-state index contributed by atoms with van der Waals surface area (Å²) >= 11 is 0. The molecule has 1 saturated carbocycles. The van der Waals surface area contributed by atoms with Crippen molar-refractivity contribution in [1.29, 1.82) is 0 Å². The van der Waals surface area contributed by atoms with Crippen molar-refractivity contribution < 1.29 is 24.4 Å². The van der Waals surface area contributed by atoms with Crippen molar-refractivity contribution in [1.82, 2.24) is 15.0 Å². The molecule has 3 aromatic carbocycles. The number of aromatic hydroxyl groups is 1. The summed E-state index contributed by atoms with van der Waals surface area (Å²) in [6.07, 6.45) is 10.4. The van der Waals surface area contributed by atoms with E-state index in [-0.39, 0.29) is 35.4 Å². The average molecular weight is 650 g/mol. The number of rotatable bonds is 10. The normalized spacial score (nSPS) is 21.2. The third-order valence-corrected chi connectivity index (χ3v) is 10.1. The van der Waals surface area contributed by atoms with Crippen LogP contribution in [0.2, 0.25) is 0 Å². The molecule has 1 fully saturated rings. The molecule has 2 heterocycles. The number of hydrogen-bond donors (Lipinski definition) is 2. The third kappa shape index (κ3) is 6.99. The van der Waals surface area contributed by atoms with Gasteiger partial charge in [-0.15, -0.1) is 5.10 Å². The van der Waals surface area contributed by atoms with Gasteiger partial charge in [-0.25, -0.2) is 4.68 Å². The Morgan fingerprint density at radius 1 is 1.04 bits per heavy atom. The summed E-state index contributed by atoms with van der Waals surface area (Å²) in [6, 6.07) is 18.0. The molecule has 6 rings (SSSR count). The van der Waals surface area contributed by atoms with Crippen molar-refractivity contribution in [2.75, 3.05) is 7.11 Å². The van der Waals surface area contributed by atoms with E-state index in [1.807, 2.05) is 62.5 Å². The Morgan fingerprint density at radius 3 is 2.50 bits per heavy atom. The van der Waals surface area contributed by atoms with E-state index in [9.17, 15) is 10.2 Å². The van der Waals surface area contributed by atoms with Crippen LogP contribution in [0.25, 0.3) is 12.2 Å². The van der Waals surface area contributed by atoms with E-state index in [1.165, 1.54) is 0 Å². The van der Waals surface area contributed by atoms with Gasteiger partial charge in [0.25, 0.3) is 0 Å². The van der Waals surface area contributed by atoms with Crippen LogP contribution in [-0.2, 0) is 26.0 Å². The van der Waals surface area contributed by atoms with Crippen molar-refractivity contribution in [3.8, 4) is 23.0 Å². The van der Waals surface area contributed by atoms with Crippen LogP contribution in [0.15, 0.2) is 72.4 Å². The lowest BCUT2D eigenvalue weighted by Gasteiger charge is -2.55. The molecule has 0 radical (unpaired) electrons. The summed E-state index contributed by atoms with van der Waals surface area (Å²) in [5.41, 5.74) is 5.91. The first-order valence-electron chi connectivity index (χ1n) is 16.8. The maximum Gasteiger partial charge on any atom is 0.165 e. The lowest BCUT2D eigenvalue weighted by atomic mass is 9.57. The smallest absolute Gasteiger partial charge is 0.165 e. The number of aliphatic hydroxyl groups excluding tert-OH is 1. The molecule has 48 heavy (non-hydrogen) atoms. The van der Waals surface area contributed by atoms with Crippen molar-refractivity contribution in [3.05, 3.63) is 106 Å². The second-order valence-electron chi connectivity index (χ2n) is 14.3. The Bertz CT molecular complexity index is 1820. The summed E-state index contributed by atoms with van der Waals surface area (Å²) in [6.45, 7) is 11.4. The predicted octanol–water partition coefficient (Wildman–Crippen LogP) is 7.79. The number of phenols is 1. The minimum absolute atomic E-state index is 0.162. The van der Waals surface area contributed by atoms with Gasteiger partial charge in [0, 0.05) is 11.5 Å². The summed E-state index contributed by atoms with van der Waals surface area (Å²) < 4.78 is 20.6. The summed E-state index contributed by atoms with van der Waals surface area (Å²) in [5.74, 6) is 2.41. The van der Waals surface area contributed by atoms with Crippen molar-refractivity contribution in [2.45, 2.75) is 85.2 Å². The highest BCUT2D eigenvalue weighted by atomic mass is 16.5. The lowest BCUT2D eigenvalue weighted by Crippen LogP contribution is -2.58. The first-order chi connectivity index (χ1) is 22.9.